The molecule has 3 rings (SSSR count). The summed E-state index contributed by atoms with van der Waals surface area (Å²) >= 11 is 1.28. The monoisotopic (exact) mass is 443 g/mol. The Kier molecular flexibility index (Phi) is 7.60. The first-order chi connectivity index (χ1) is 15.0. The van der Waals surface area contributed by atoms with Gasteiger partial charge in [0, 0.05) is 17.9 Å². The van der Waals surface area contributed by atoms with E-state index in [9.17, 15) is 14.0 Å². The lowest BCUT2D eigenvalue weighted by Crippen LogP contribution is -2.15. The average Bonchev–Trinajstić information content (AvgIpc) is 3.19. The molecule has 0 spiro atoms. The number of methoxy groups -OCH3 is 1. The molecule has 162 valence electrons. The Labute approximate surface area is 183 Å². The van der Waals surface area contributed by atoms with Gasteiger partial charge in [-0.15, -0.1) is 10.2 Å². The van der Waals surface area contributed by atoms with E-state index >= 15 is 0 Å². The molecule has 0 unspecified atom stereocenters. The number of hydrogen-bond donors (Lipinski definition) is 2. The van der Waals surface area contributed by atoms with Crippen molar-refractivity contribution in [3.63, 3.8) is 0 Å². The predicted octanol–water partition coefficient (Wildman–Crippen LogP) is 3.57. The highest BCUT2D eigenvalue weighted by atomic mass is 32.2. The molecule has 1 amide bonds. The van der Waals surface area contributed by atoms with Crippen LogP contribution in [-0.2, 0) is 22.6 Å². The van der Waals surface area contributed by atoms with E-state index in [1.54, 1.807) is 36.4 Å². The summed E-state index contributed by atoms with van der Waals surface area (Å²) in [4.78, 5) is 23.7. The van der Waals surface area contributed by atoms with Crippen LogP contribution < -0.4 is 10.6 Å². The molecule has 0 aliphatic heterocycles. The van der Waals surface area contributed by atoms with Gasteiger partial charge in [0.2, 0.25) is 5.91 Å². The number of nitrogens with zero attached hydrogens (tertiary/aromatic N) is 3. The van der Waals surface area contributed by atoms with Crippen LogP contribution in [0.4, 0.5) is 15.8 Å². The molecule has 1 aromatic heterocycles. The van der Waals surface area contributed by atoms with Crippen molar-refractivity contribution in [1.82, 2.24) is 14.8 Å². The third-order valence-corrected chi connectivity index (χ3v) is 5.29. The van der Waals surface area contributed by atoms with Gasteiger partial charge in [-0.05, 0) is 55.5 Å². The van der Waals surface area contributed by atoms with Crippen LogP contribution in [0.15, 0.2) is 53.7 Å². The summed E-state index contributed by atoms with van der Waals surface area (Å²) < 4.78 is 19.6. The number of carbonyl (C=O) groups excluding carboxylic acids is 2. The number of halogens is 1. The predicted molar refractivity (Wildman–Crippen MR) is 117 cm³/mol. The maximum Gasteiger partial charge on any atom is 0.337 e. The van der Waals surface area contributed by atoms with E-state index in [0.29, 0.717) is 35.3 Å². The Bertz CT molecular complexity index is 1040. The number of amides is 1. The van der Waals surface area contributed by atoms with Crippen molar-refractivity contribution in [3.8, 4) is 0 Å². The minimum atomic E-state index is -0.433. The summed E-state index contributed by atoms with van der Waals surface area (Å²) in [5.74, 6) is -0.0567. The fourth-order valence-electron chi connectivity index (χ4n) is 2.76. The second-order valence-electron chi connectivity index (χ2n) is 6.41. The zero-order valence-electron chi connectivity index (χ0n) is 17.1. The Hall–Kier alpha value is -3.40. The van der Waals surface area contributed by atoms with Gasteiger partial charge in [-0.3, -0.25) is 4.79 Å². The van der Waals surface area contributed by atoms with Crippen molar-refractivity contribution in [1.29, 1.82) is 0 Å². The summed E-state index contributed by atoms with van der Waals surface area (Å²) in [5.41, 5.74) is 1.77. The summed E-state index contributed by atoms with van der Waals surface area (Å²) in [5, 5.41) is 15.0. The molecular formula is C21H22FN5O3S. The van der Waals surface area contributed by atoms with Crippen LogP contribution in [0.1, 0.15) is 23.1 Å². The molecule has 8 nitrogen and oxygen atoms in total. The quantitative estimate of drug-likeness (QED) is 0.385. The topological polar surface area (TPSA) is 98.1 Å². The van der Waals surface area contributed by atoms with Gasteiger partial charge in [-0.25, -0.2) is 9.18 Å². The Balaban J connectivity index is 1.54. The van der Waals surface area contributed by atoms with Gasteiger partial charge in [0.25, 0.3) is 0 Å². The largest absolute Gasteiger partial charge is 0.465 e. The zero-order chi connectivity index (χ0) is 22.2. The van der Waals surface area contributed by atoms with E-state index in [1.165, 1.54) is 31.0 Å². The van der Waals surface area contributed by atoms with Gasteiger partial charge < -0.3 is 19.9 Å². The van der Waals surface area contributed by atoms with Crippen molar-refractivity contribution < 1.29 is 18.7 Å². The first-order valence-corrected chi connectivity index (χ1v) is 10.5. The number of carbonyl (C=O) groups is 2. The van der Waals surface area contributed by atoms with Crippen molar-refractivity contribution in [2.45, 2.75) is 25.2 Å². The lowest BCUT2D eigenvalue weighted by atomic mass is 10.2. The number of esters is 1. The molecule has 0 aliphatic carbocycles. The smallest absolute Gasteiger partial charge is 0.337 e. The van der Waals surface area contributed by atoms with Crippen molar-refractivity contribution in [3.05, 3.63) is 65.7 Å². The number of benzene rings is 2. The highest BCUT2D eigenvalue weighted by Gasteiger charge is 2.13. The fraction of sp³-hybridized carbons (Fsp3) is 0.238. The molecule has 0 bridgehead atoms. The minimum Gasteiger partial charge on any atom is -0.465 e. The molecule has 1 heterocycles. The van der Waals surface area contributed by atoms with Gasteiger partial charge in [0.15, 0.2) is 11.0 Å². The third-order valence-electron chi connectivity index (χ3n) is 4.33. The molecule has 0 fully saturated rings. The number of rotatable bonds is 9. The number of thioether (sulfide) groups is 1. The lowest BCUT2D eigenvalue weighted by Gasteiger charge is -2.09. The Morgan fingerprint density at radius 2 is 1.74 bits per heavy atom. The molecule has 10 heteroatoms. The third kappa shape index (κ3) is 6.05. The van der Waals surface area contributed by atoms with Crippen LogP contribution in [0, 0.1) is 5.82 Å². The fourth-order valence-corrected chi connectivity index (χ4v) is 3.58. The second kappa shape index (κ2) is 10.6. The Morgan fingerprint density at radius 1 is 1.06 bits per heavy atom. The second-order valence-corrected chi connectivity index (χ2v) is 7.35. The molecule has 0 aliphatic rings. The van der Waals surface area contributed by atoms with Crippen LogP contribution in [0.3, 0.4) is 0 Å². The van der Waals surface area contributed by atoms with Crippen LogP contribution in [0.5, 0.6) is 0 Å². The Morgan fingerprint density at radius 3 is 2.39 bits per heavy atom. The molecule has 2 aromatic carbocycles. The zero-order valence-corrected chi connectivity index (χ0v) is 17.9. The van der Waals surface area contributed by atoms with E-state index in [-0.39, 0.29) is 17.5 Å². The molecule has 31 heavy (non-hydrogen) atoms. The van der Waals surface area contributed by atoms with Crippen LogP contribution >= 0.6 is 11.8 Å². The number of nitrogens with one attached hydrogen (secondary N) is 2. The van der Waals surface area contributed by atoms with Gasteiger partial charge in [0.1, 0.15) is 5.82 Å². The molecule has 0 atom stereocenters. The number of ether oxygens (including phenoxy) is 1. The average molecular weight is 444 g/mol. The summed E-state index contributed by atoms with van der Waals surface area (Å²) in [7, 11) is 1.31. The van der Waals surface area contributed by atoms with E-state index in [2.05, 4.69) is 25.6 Å². The van der Waals surface area contributed by atoms with Gasteiger partial charge >= 0.3 is 5.97 Å². The van der Waals surface area contributed by atoms with Crippen molar-refractivity contribution in [2.24, 2.45) is 0 Å². The summed E-state index contributed by atoms with van der Waals surface area (Å²) in [6.07, 6.45) is 0. The summed E-state index contributed by atoms with van der Waals surface area (Å²) in [6, 6.07) is 12.5. The number of aromatic nitrogens is 3. The molecule has 2 N–H and O–H groups in total. The van der Waals surface area contributed by atoms with Crippen LogP contribution in [-0.4, -0.2) is 39.5 Å². The van der Waals surface area contributed by atoms with Gasteiger partial charge in [-0.2, -0.15) is 0 Å². The molecular weight excluding hydrogens is 421 g/mol. The highest BCUT2D eigenvalue weighted by Crippen LogP contribution is 2.19. The molecule has 0 saturated heterocycles. The lowest BCUT2D eigenvalue weighted by molar-refractivity contribution is -0.113. The maximum absolute atomic E-state index is 13.0. The van der Waals surface area contributed by atoms with E-state index in [1.807, 2.05) is 11.5 Å². The molecule has 3 aromatic rings. The highest BCUT2D eigenvalue weighted by molar-refractivity contribution is 7.99. The maximum atomic E-state index is 13.0. The van der Waals surface area contributed by atoms with Crippen LogP contribution in [0.25, 0.3) is 0 Å². The normalized spacial score (nSPS) is 10.5. The van der Waals surface area contributed by atoms with Crippen molar-refractivity contribution >= 4 is 35.0 Å². The van der Waals surface area contributed by atoms with Crippen molar-refractivity contribution in [2.75, 3.05) is 23.5 Å². The SMILES string of the molecule is CCn1c(CNc2ccc(F)cc2)nnc1SCC(=O)Nc1ccc(C(=O)OC)cc1. The van der Waals surface area contributed by atoms with E-state index < -0.39 is 5.97 Å². The first kappa shape index (κ1) is 22.3. The number of hydrogen-bond acceptors (Lipinski definition) is 7. The van der Waals surface area contributed by atoms with Gasteiger partial charge in [-0.1, -0.05) is 11.8 Å². The standard InChI is InChI=1S/C21H22FN5O3S/c1-3-27-18(12-23-16-10-6-15(22)7-11-16)25-26-21(27)31-13-19(28)24-17-8-4-14(5-9-17)20(29)30-2/h4-11,23H,3,12-13H2,1-2H3,(H,24,28). The van der Waals surface area contributed by atoms with Gasteiger partial charge in [0.05, 0.1) is 25.0 Å². The van der Waals surface area contributed by atoms with E-state index in [0.717, 1.165) is 5.69 Å². The summed E-state index contributed by atoms with van der Waals surface area (Å²) in [6.45, 7) is 3.04. The van der Waals surface area contributed by atoms with Crippen LogP contribution in [0.2, 0.25) is 0 Å². The first-order valence-electron chi connectivity index (χ1n) is 9.52. The molecule has 0 saturated carbocycles. The molecule has 0 radical (unpaired) electrons. The number of anilines is 2. The van der Waals surface area contributed by atoms with E-state index in [4.69, 9.17) is 0 Å². The minimum absolute atomic E-state index is 0.155.